The Labute approximate surface area is 255 Å². The van der Waals surface area contributed by atoms with Crippen LogP contribution in [0.3, 0.4) is 0 Å². The van der Waals surface area contributed by atoms with Crippen molar-refractivity contribution in [1.29, 1.82) is 0 Å². The third kappa shape index (κ3) is 9.60. The topological polar surface area (TPSA) is 86.8 Å². The summed E-state index contributed by atoms with van der Waals surface area (Å²) in [5.74, 6) is -0.212. The summed E-state index contributed by atoms with van der Waals surface area (Å²) in [7, 11) is -3.59. The molecule has 0 aliphatic carbocycles. The van der Waals surface area contributed by atoms with Crippen molar-refractivity contribution in [2.45, 2.75) is 59.5 Å². The fourth-order valence-electron chi connectivity index (χ4n) is 4.80. The lowest BCUT2D eigenvalue weighted by Gasteiger charge is -2.32. The predicted octanol–water partition coefficient (Wildman–Crippen LogP) is 5.92. The summed E-state index contributed by atoms with van der Waals surface area (Å²) in [5, 5.41) is 3.56. The van der Waals surface area contributed by atoms with Crippen LogP contribution >= 0.6 is 11.6 Å². The van der Waals surface area contributed by atoms with Crippen molar-refractivity contribution >= 4 is 39.1 Å². The lowest BCUT2D eigenvalue weighted by Crippen LogP contribution is -2.51. The van der Waals surface area contributed by atoms with Crippen LogP contribution in [-0.2, 0) is 32.6 Å². The zero-order valence-electron chi connectivity index (χ0n) is 25.1. The fourth-order valence-corrected chi connectivity index (χ4v) is 6.03. The number of aryl methyl sites for hydroxylation is 1. The number of nitrogens with zero attached hydrogens (tertiary/aromatic N) is 2. The number of hydrogen-bond donors (Lipinski definition) is 1. The standard InChI is InChI=1S/C33H42ClN3O4S/c1-24(2)22-35-33(39)31(21-27-13-7-6-8-14-27)36(23-28-15-10-16-29(34)20-28)32(38)18-11-19-37(42(5,40)41)30-17-9-12-25(3)26(30)4/h6-10,12-17,20,24,31H,11,18-19,21-23H2,1-5H3,(H,35,39). The van der Waals surface area contributed by atoms with Crippen LogP contribution < -0.4 is 9.62 Å². The highest BCUT2D eigenvalue weighted by Crippen LogP contribution is 2.26. The van der Waals surface area contributed by atoms with Gasteiger partial charge in [0.1, 0.15) is 6.04 Å². The summed E-state index contributed by atoms with van der Waals surface area (Å²) < 4.78 is 26.9. The maximum atomic E-state index is 13.9. The minimum atomic E-state index is -3.59. The smallest absolute Gasteiger partial charge is 0.243 e. The van der Waals surface area contributed by atoms with Crippen molar-refractivity contribution in [3.8, 4) is 0 Å². The second-order valence-electron chi connectivity index (χ2n) is 11.2. The SMILES string of the molecule is Cc1cccc(N(CCCC(=O)N(Cc2cccc(Cl)c2)C(Cc2ccccc2)C(=O)NCC(C)C)S(C)(=O)=O)c1C. The van der Waals surface area contributed by atoms with Crippen LogP contribution in [0, 0.1) is 19.8 Å². The molecule has 0 saturated heterocycles. The molecule has 3 aromatic carbocycles. The highest BCUT2D eigenvalue weighted by atomic mass is 35.5. The number of hydrogen-bond acceptors (Lipinski definition) is 4. The summed E-state index contributed by atoms with van der Waals surface area (Å²) in [6.07, 6.45) is 1.88. The molecule has 7 nitrogen and oxygen atoms in total. The van der Waals surface area contributed by atoms with Gasteiger partial charge in [-0.2, -0.15) is 0 Å². The molecule has 226 valence electrons. The van der Waals surface area contributed by atoms with Crippen LogP contribution in [-0.4, -0.2) is 50.5 Å². The van der Waals surface area contributed by atoms with E-state index in [4.69, 9.17) is 11.6 Å². The molecule has 0 radical (unpaired) electrons. The molecule has 3 aromatic rings. The van der Waals surface area contributed by atoms with E-state index in [1.807, 2.05) is 82.3 Å². The third-order valence-corrected chi connectivity index (χ3v) is 8.61. The second kappa shape index (κ2) is 15.2. The highest BCUT2D eigenvalue weighted by Gasteiger charge is 2.30. The highest BCUT2D eigenvalue weighted by molar-refractivity contribution is 7.92. The number of carbonyl (C=O) groups is 2. The molecule has 0 spiro atoms. The summed E-state index contributed by atoms with van der Waals surface area (Å²) in [4.78, 5) is 29.2. The summed E-state index contributed by atoms with van der Waals surface area (Å²) in [5.41, 5.74) is 4.21. The molecule has 3 rings (SSSR count). The Hall–Kier alpha value is -3.36. The lowest BCUT2D eigenvalue weighted by atomic mass is 10.0. The first-order valence-corrected chi connectivity index (χ1v) is 16.5. The molecule has 1 unspecified atom stereocenters. The number of carbonyl (C=O) groups excluding carboxylic acids is 2. The van der Waals surface area contributed by atoms with Gasteiger partial charge in [0.05, 0.1) is 11.9 Å². The molecular weight excluding hydrogens is 570 g/mol. The van der Waals surface area contributed by atoms with Crippen molar-refractivity contribution in [3.05, 3.63) is 100 Å². The normalized spacial score (nSPS) is 12.2. The van der Waals surface area contributed by atoms with Gasteiger partial charge < -0.3 is 10.2 Å². The summed E-state index contributed by atoms with van der Waals surface area (Å²) in [6, 6.07) is 21.7. The quantitative estimate of drug-likeness (QED) is 0.245. The van der Waals surface area contributed by atoms with Gasteiger partial charge in [-0.05, 0) is 66.6 Å². The molecule has 42 heavy (non-hydrogen) atoms. The number of halogens is 1. The molecule has 1 N–H and O–H groups in total. The number of sulfonamides is 1. The lowest BCUT2D eigenvalue weighted by molar-refractivity contribution is -0.141. The van der Waals surface area contributed by atoms with E-state index < -0.39 is 16.1 Å². The Morgan fingerprint density at radius 2 is 1.60 bits per heavy atom. The average Bonchev–Trinajstić information content (AvgIpc) is 2.93. The van der Waals surface area contributed by atoms with Gasteiger partial charge in [-0.3, -0.25) is 13.9 Å². The molecule has 2 amide bonds. The Balaban J connectivity index is 1.90. The number of amides is 2. The van der Waals surface area contributed by atoms with Crippen LogP contribution in [0.4, 0.5) is 5.69 Å². The maximum Gasteiger partial charge on any atom is 0.243 e. The average molecular weight is 612 g/mol. The van der Waals surface area contributed by atoms with Crippen molar-refractivity contribution < 1.29 is 18.0 Å². The molecule has 1 atom stereocenters. The first kappa shape index (κ1) is 33.1. The largest absolute Gasteiger partial charge is 0.354 e. The monoisotopic (exact) mass is 611 g/mol. The number of anilines is 1. The maximum absolute atomic E-state index is 13.9. The molecule has 0 aliphatic rings. The van der Waals surface area contributed by atoms with Crippen molar-refractivity contribution in [1.82, 2.24) is 10.2 Å². The van der Waals surface area contributed by atoms with E-state index in [9.17, 15) is 18.0 Å². The Morgan fingerprint density at radius 3 is 2.24 bits per heavy atom. The molecule has 0 heterocycles. The van der Waals surface area contributed by atoms with Crippen molar-refractivity contribution in [3.63, 3.8) is 0 Å². The van der Waals surface area contributed by atoms with Gasteiger partial charge in [-0.15, -0.1) is 0 Å². The first-order valence-electron chi connectivity index (χ1n) is 14.3. The number of nitrogens with one attached hydrogen (secondary N) is 1. The molecule has 0 bridgehead atoms. The third-order valence-electron chi connectivity index (χ3n) is 7.19. The molecule has 0 aliphatic heterocycles. The first-order chi connectivity index (χ1) is 19.9. The van der Waals surface area contributed by atoms with E-state index in [1.54, 1.807) is 23.1 Å². The fraction of sp³-hybridized carbons (Fsp3) is 0.394. The van der Waals surface area contributed by atoms with Gasteiger partial charge in [-0.25, -0.2) is 8.42 Å². The van der Waals surface area contributed by atoms with Gasteiger partial charge >= 0.3 is 0 Å². The minimum absolute atomic E-state index is 0.0696. The van der Waals surface area contributed by atoms with E-state index >= 15 is 0 Å². The minimum Gasteiger partial charge on any atom is -0.354 e. The Kier molecular flexibility index (Phi) is 12.0. The van der Waals surface area contributed by atoms with E-state index in [0.717, 1.165) is 22.3 Å². The van der Waals surface area contributed by atoms with Gasteiger partial charge in [0.15, 0.2) is 0 Å². The van der Waals surface area contributed by atoms with Gasteiger partial charge in [0.25, 0.3) is 0 Å². The Morgan fingerprint density at radius 1 is 0.929 bits per heavy atom. The molecular formula is C33H42ClN3O4S. The van der Waals surface area contributed by atoms with Crippen LogP contribution in [0.1, 0.15) is 48.9 Å². The van der Waals surface area contributed by atoms with E-state index in [2.05, 4.69) is 5.32 Å². The zero-order valence-corrected chi connectivity index (χ0v) is 26.7. The van der Waals surface area contributed by atoms with Gasteiger partial charge in [0.2, 0.25) is 21.8 Å². The van der Waals surface area contributed by atoms with Crippen molar-refractivity contribution in [2.75, 3.05) is 23.7 Å². The summed E-state index contributed by atoms with van der Waals surface area (Å²) in [6.45, 7) is 8.69. The zero-order chi connectivity index (χ0) is 30.9. The summed E-state index contributed by atoms with van der Waals surface area (Å²) >= 11 is 6.26. The van der Waals surface area contributed by atoms with Crippen LogP contribution in [0.25, 0.3) is 0 Å². The molecule has 9 heteroatoms. The van der Waals surface area contributed by atoms with E-state index in [1.165, 1.54) is 10.6 Å². The molecule has 0 saturated carbocycles. The number of rotatable bonds is 14. The molecule has 0 fully saturated rings. The number of benzene rings is 3. The van der Waals surface area contributed by atoms with Crippen LogP contribution in [0.5, 0.6) is 0 Å². The van der Waals surface area contributed by atoms with Gasteiger partial charge in [0, 0.05) is 37.5 Å². The van der Waals surface area contributed by atoms with Gasteiger partial charge in [-0.1, -0.05) is 80.0 Å². The second-order valence-corrected chi connectivity index (χ2v) is 13.5. The molecule has 0 aromatic heterocycles. The van der Waals surface area contributed by atoms with Crippen LogP contribution in [0.15, 0.2) is 72.8 Å². The van der Waals surface area contributed by atoms with Crippen LogP contribution in [0.2, 0.25) is 5.02 Å². The van der Waals surface area contributed by atoms with E-state index in [0.29, 0.717) is 23.7 Å². The Bertz CT molecular complexity index is 1460. The van der Waals surface area contributed by atoms with Crippen molar-refractivity contribution in [2.24, 2.45) is 5.92 Å². The predicted molar refractivity (Wildman–Crippen MR) is 171 cm³/mol. The van der Waals surface area contributed by atoms with E-state index in [-0.39, 0.29) is 43.7 Å².